The number of hydrogen-bond acceptors (Lipinski definition) is 5. The highest BCUT2D eigenvalue weighted by molar-refractivity contribution is 6.03. The number of nitrogens with one attached hydrogen (secondary N) is 1. The molecule has 1 N–H and O–H groups in total. The van der Waals surface area contributed by atoms with Gasteiger partial charge in [-0.1, -0.05) is 18.6 Å². The first-order valence-corrected chi connectivity index (χ1v) is 9.63. The predicted octanol–water partition coefficient (Wildman–Crippen LogP) is 3.80. The molecule has 1 aromatic heterocycles. The average molecular weight is 401 g/mol. The van der Waals surface area contributed by atoms with Crippen LogP contribution in [0.25, 0.3) is 0 Å². The molecule has 7 heteroatoms. The second-order valence-electron chi connectivity index (χ2n) is 7.29. The van der Waals surface area contributed by atoms with Crippen LogP contribution in [0.1, 0.15) is 63.9 Å². The molecule has 1 aliphatic carbocycles. The van der Waals surface area contributed by atoms with Crippen molar-refractivity contribution in [3.8, 4) is 0 Å². The summed E-state index contributed by atoms with van der Waals surface area (Å²) < 4.78 is 23.6. The number of rotatable bonds is 7. The molecule has 0 atom stereocenters. The van der Waals surface area contributed by atoms with E-state index in [1.807, 2.05) is 0 Å². The minimum absolute atomic E-state index is 0.223. The lowest BCUT2D eigenvalue weighted by Gasteiger charge is -2.39. The van der Waals surface area contributed by atoms with Gasteiger partial charge in [0.1, 0.15) is 11.5 Å². The van der Waals surface area contributed by atoms with Crippen molar-refractivity contribution >= 4 is 17.7 Å². The Bertz CT molecular complexity index is 941. The second kappa shape index (κ2) is 8.19. The molecular weight excluding hydrogens is 377 g/mol. The molecule has 0 spiro atoms. The number of halogens is 1. The zero-order chi connectivity index (χ0) is 21.2. The van der Waals surface area contributed by atoms with Gasteiger partial charge in [-0.25, -0.2) is 9.18 Å². The fourth-order valence-corrected chi connectivity index (χ4v) is 3.83. The number of aromatic nitrogens is 1. The number of aryl methyl sites for hydroxylation is 1. The summed E-state index contributed by atoms with van der Waals surface area (Å²) in [5.41, 5.74) is 1.40. The number of ether oxygens (including phenoxy) is 2. The Balaban J connectivity index is 1.73. The van der Waals surface area contributed by atoms with E-state index in [1.165, 1.54) is 12.1 Å². The van der Waals surface area contributed by atoms with Crippen LogP contribution >= 0.6 is 0 Å². The number of hydrogen-bond donors (Lipinski definition) is 1. The van der Waals surface area contributed by atoms with Crippen molar-refractivity contribution in [3.05, 3.63) is 58.2 Å². The van der Waals surface area contributed by atoms with Crippen molar-refractivity contribution in [2.75, 3.05) is 13.2 Å². The molecule has 1 aromatic carbocycles. The summed E-state index contributed by atoms with van der Waals surface area (Å²) in [5, 5.41) is 0. The summed E-state index contributed by atoms with van der Waals surface area (Å²) in [7, 11) is 0. The van der Waals surface area contributed by atoms with Crippen LogP contribution in [0.5, 0.6) is 0 Å². The van der Waals surface area contributed by atoms with E-state index < -0.39 is 29.7 Å². The molecule has 1 saturated carbocycles. The van der Waals surface area contributed by atoms with Crippen LogP contribution in [0.4, 0.5) is 4.39 Å². The molecule has 0 amide bonds. The summed E-state index contributed by atoms with van der Waals surface area (Å²) in [4.78, 5) is 40.4. The van der Waals surface area contributed by atoms with E-state index in [1.54, 1.807) is 32.9 Å². The number of benzene rings is 1. The molecule has 6 nitrogen and oxygen atoms in total. The quantitative estimate of drug-likeness (QED) is 0.563. The smallest absolute Gasteiger partial charge is 0.355 e. The number of ketones is 1. The van der Waals surface area contributed by atoms with Crippen LogP contribution in [0, 0.1) is 19.7 Å². The summed E-state index contributed by atoms with van der Waals surface area (Å²) in [6.45, 7) is 4.83. The number of Topliss-reactive ketones (excluding diaryl/α,β-unsaturated/α-hetero) is 1. The zero-order valence-electron chi connectivity index (χ0n) is 16.8. The number of carbonyl (C=O) groups is 3. The Labute approximate surface area is 168 Å². The molecule has 1 heterocycles. The Kier molecular flexibility index (Phi) is 5.86. The normalized spacial score (nSPS) is 14.8. The van der Waals surface area contributed by atoms with Crippen LogP contribution in [0.2, 0.25) is 0 Å². The van der Waals surface area contributed by atoms with Crippen molar-refractivity contribution in [1.82, 2.24) is 4.98 Å². The Hall–Kier alpha value is -2.96. The third-order valence-electron chi connectivity index (χ3n) is 5.52. The molecule has 0 saturated heterocycles. The molecule has 0 aliphatic heterocycles. The summed E-state index contributed by atoms with van der Waals surface area (Å²) in [6.07, 6.45) is 2.06. The maximum atomic E-state index is 13.2. The lowest BCUT2D eigenvalue weighted by molar-refractivity contribution is -0.153. The van der Waals surface area contributed by atoms with Crippen LogP contribution < -0.4 is 0 Å². The number of H-pyrrole nitrogens is 1. The Morgan fingerprint density at radius 3 is 2.31 bits per heavy atom. The molecule has 1 fully saturated rings. The van der Waals surface area contributed by atoms with E-state index in [4.69, 9.17) is 9.47 Å². The topological polar surface area (TPSA) is 85.5 Å². The Morgan fingerprint density at radius 1 is 1.10 bits per heavy atom. The van der Waals surface area contributed by atoms with Gasteiger partial charge in [0.05, 0.1) is 12.0 Å². The van der Waals surface area contributed by atoms with Gasteiger partial charge in [0, 0.05) is 11.3 Å². The van der Waals surface area contributed by atoms with Gasteiger partial charge in [-0.15, -0.1) is 0 Å². The highest BCUT2D eigenvalue weighted by Gasteiger charge is 2.47. The second-order valence-corrected chi connectivity index (χ2v) is 7.29. The zero-order valence-corrected chi connectivity index (χ0v) is 16.8. The molecule has 2 aromatic rings. The average Bonchev–Trinajstić information content (AvgIpc) is 2.95. The largest absolute Gasteiger partial charge is 0.461 e. The van der Waals surface area contributed by atoms with Gasteiger partial charge in [-0.2, -0.15) is 0 Å². The summed E-state index contributed by atoms with van der Waals surface area (Å²) in [5.74, 6) is -1.79. The highest BCUT2D eigenvalue weighted by Crippen LogP contribution is 2.44. The highest BCUT2D eigenvalue weighted by atomic mass is 19.1. The van der Waals surface area contributed by atoms with E-state index in [0.29, 0.717) is 35.2 Å². The van der Waals surface area contributed by atoms with Gasteiger partial charge >= 0.3 is 11.9 Å². The molecule has 154 valence electrons. The predicted molar refractivity (Wildman–Crippen MR) is 103 cm³/mol. The summed E-state index contributed by atoms with van der Waals surface area (Å²) >= 11 is 0. The van der Waals surface area contributed by atoms with E-state index in [0.717, 1.165) is 6.42 Å². The lowest BCUT2D eigenvalue weighted by atomic mass is 9.64. The van der Waals surface area contributed by atoms with Crippen molar-refractivity contribution < 1.29 is 28.2 Å². The van der Waals surface area contributed by atoms with Crippen molar-refractivity contribution in [2.45, 2.75) is 45.4 Å². The standard InChI is InChI=1S/C22H24FNO5/c1-4-28-20(26)19-13(2)18(14(3)24-19)17(25)12-29-21(27)22(10-5-11-22)15-6-8-16(23)9-7-15/h6-9,24H,4-5,10-12H2,1-3H3. The van der Waals surface area contributed by atoms with E-state index >= 15 is 0 Å². The molecule has 0 radical (unpaired) electrons. The summed E-state index contributed by atoms with van der Waals surface area (Å²) in [6, 6.07) is 5.81. The number of aromatic amines is 1. The molecule has 0 bridgehead atoms. The SMILES string of the molecule is CCOC(=O)c1[nH]c(C)c(C(=O)COC(=O)C2(c3ccc(F)cc3)CCC2)c1C. The fraction of sp³-hybridized carbons (Fsp3) is 0.409. The van der Waals surface area contributed by atoms with E-state index in [2.05, 4.69) is 4.98 Å². The monoisotopic (exact) mass is 401 g/mol. The molecule has 29 heavy (non-hydrogen) atoms. The van der Waals surface area contributed by atoms with Gasteiger partial charge in [0.15, 0.2) is 6.61 Å². The molecule has 3 rings (SSSR count). The van der Waals surface area contributed by atoms with Crippen molar-refractivity contribution in [3.63, 3.8) is 0 Å². The fourth-order valence-electron chi connectivity index (χ4n) is 3.83. The van der Waals surface area contributed by atoms with E-state index in [9.17, 15) is 18.8 Å². The van der Waals surface area contributed by atoms with Crippen molar-refractivity contribution in [1.29, 1.82) is 0 Å². The first-order chi connectivity index (χ1) is 13.8. The molecule has 1 aliphatic rings. The van der Waals surface area contributed by atoms with Gasteiger partial charge in [0.2, 0.25) is 5.78 Å². The van der Waals surface area contributed by atoms with Crippen LogP contribution in [0.3, 0.4) is 0 Å². The van der Waals surface area contributed by atoms with Crippen LogP contribution in [0.15, 0.2) is 24.3 Å². The maximum absolute atomic E-state index is 13.2. The van der Waals surface area contributed by atoms with Crippen LogP contribution in [-0.4, -0.2) is 35.9 Å². The molecule has 0 unspecified atom stereocenters. The number of esters is 2. The lowest BCUT2D eigenvalue weighted by Crippen LogP contribution is -2.44. The van der Waals surface area contributed by atoms with Crippen molar-refractivity contribution in [2.24, 2.45) is 0 Å². The number of carbonyl (C=O) groups excluding carboxylic acids is 3. The molecular formula is C22H24FNO5. The van der Waals surface area contributed by atoms with Gasteiger partial charge in [-0.05, 0) is 56.9 Å². The minimum Gasteiger partial charge on any atom is -0.461 e. The first-order valence-electron chi connectivity index (χ1n) is 9.63. The minimum atomic E-state index is -0.827. The first kappa shape index (κ1) is 20.8. The van der Waals surface area contributed by atoms with Gasteiger partial charge in [-0.3, -0.25) is 9.59 Å². The van der Waals surface area contributed by atoms with Gasteiger partial charge < -0.3 is 14.5 Å². The third-order valence-corrected chi connectivity index (χ3v) is 5.52. The maximum Gasteiger partial charge on any atom is 0.355 e. The Morgan fingerprint density at radius 2 is 1.76 bits per heavy atom. The van der Waals surface area contributed by atoms with Gasteiger partial charge in [0.25, 0.3) is 0 Å². The van der Waals surface area contributed by atoms with E-state index in [-0.39, 0.29) is 18.1 Å². The third kappa shape index (κ3) is 3.81. The van der Waals surface area contributed by atoms with Crippen LogP contribution in [-0.2, 0) is 19.7 Å².